The molecule has 0 bridgehead atoms. The maximum absolute atomic E-state index is 13.8. The minimum atomic E-state index is -0.415. The van der Waals surface area contributed by atoms with E-state index in [1.807, 2.05) is 6.92 Å². The fourth-order valence-corrected chi connectivity index (χ4v) is 2.76. The molecule has 0 aliphatic rings. The SMILES string of the molecule is CCOC(=O)c1ccc(NC(=O)C[NH+](CC)Cc2ccc(OC)c(F)c2)cc1. The van der Waals surface area contributed by atoms with E-state index in [0.29, 0.717) is 30.9 Å². The molecule has 2 N–H and O–H groups in total. The van der Waals surface area contributed by atoms with Crippen molar-refractivity contribution in [2.75, 3.05) is 32.1 Å². The van der Waals surface area contributed by atoms with Crippen LogP contribution in [0.5, 0.6) is 5.75 Å². The summed E-state index contributed by atoms with van der Waals surface area (Å²) in [6.45, 7) is 5.50. The summed E-state index contributed by atoms with van der Waals surface area (Å²) in [5.41, 5.74) is 1.83. The van der Waals surface area contributed by atoms with Crippen molar-refractivity contribution >= 4 is 17.6 Å². The number of quaternary nitrogens is 1. The number of nitrogens with one attached hydrogen (secondary N) is 2. The number of esters is 1. The lowest BCUT2D eigenvalue weighted by Crippen LogP contribution is -3.11. The molecule has 0 aliphatic heterocycles. The third kappa shape index (κ3) is 6.06. The number of methoxy groups -OCH3 is 1. The van der Waals surface area contributed by atoms with Crippen molar-refractivity contribution in [1.29, 1.82) is 0 Å². The summed E-state index contributed by atoms with van der Waals surface area (Å²) in [7, 11) is 1.42. The summed E-state index contributed by atoms with van der Waals surface area (Å²) in [5.74, 6) is -0.768. The number of hydrogen-bond acceptors (Lipinski definition) is 4. The molecule has 0 spiro atoms. The van der Waals surface area contributed by atoms with Crippen molar-refractivity contribution in [3.63, 3.8) is 0 Å². The van der Waals surface area contributed by atoms with Gasteiger partial charge in [0.2, 0.25) is 0 Å². The molecule has 2 aromatic rings. The predicted molar refractivity (Wildman–Crippen MR) is 104 cm³/mol. The van der Waals surface area contributed by atoms with Crippen molar-refractivity contribution in [3.05, 3.63) is 59.4 Å². The molecule has 0 saturated carbocycles. The van der Waals surface area contributed by atoms with Crippen molar-refractivity contribution in [3.8, 4) is 5.75 Å². The summed E-state index contributed by atoms with van der Waals surface area (Å²) < 4.78 is 23.7. The predicted octanol–water partition coefficient (Wildman–Crippen LogP) is 2.05. The molecule has 0 heterocycles. The first-order valence-electron chi connectivity index (χ1n) is 9.19. The number of halogens is 1. The quantitative estimate of drug-likeness (QED) is 0.644. The highest BCUT2D eigenvalue weighted by Crippen LogP contribution is 2.17. The van der Waals surface area contributed by atoms with E-state index in [1.54, 1.807) is 43.3 Å². The Morgan fingerprint density at radius 1 is 1.11 bits per heavy atom. The number of anilines is 1. The molecule has 2 aromatic carbocycles. The molecule has 6 nitrogen and oxygen atoms in total. The Labute approximate surface area is 164 Å². The van der Waals surface area contributed by atoms with Crippen LogP contribution in [0.4, 0.5) is 10.1 Å². The van der Waals surface area contributed by atoms with Crippen molar-refractivity contribution in [2.24, 2.45) is 0 Å². The number of likely N-dealkylation sites (N-methyl/N-ethyl adjacent to an activating group) is 1. The number of carbonyl (C=O) groups excluding carboxylic acids is 2. The van der Waals surface area contributed by atoms with E-state index in [2.05, 4.69) is 5.32 Å². The molecule has 0 radical (unpaired) electrons. The minimum absolute atomic E-state index is 0.158. The molecule has 0 aliphatic carbocycles. The molecule has 150 valence electrons. The molecule has 0 saturated heterocycles. The standard InChI is InChI=1S/C21H25FN2O4/c1-4-24(13-15-6-11-19(27-3)18(22)12-15)14-20(25)23-17-9-7-16(8-10-17)21(26)28-5-2/h6-12H,4-5,13-14H2,1-3H3,(H,23,25)/p+1. The Morgan fingerprint density at radius 3 is 2.39 bits per heavy atom. The van der Waals surface area contributed by atoms with Gasteiger partial charge in [-0.3, -0.25) is 4.79 Å². The number of hydrogen-bond donors (Lipinski definition) is 2. The lowest BCUT2D eigenvalue weighted by atomic mass is 10.2. The fourth-order valence-electron chi connectivity index (χ4n) is 2.76. The summed E-state index contributed by atoms with van der Waals surface area (Å²) in [6, 6.07) is 11.4. The summed E-state index contributed by atoms with van der Waals surface area (Å²) in [6.07, 6.45) is 0. The smallest absolute Gasteiger partial charge is 0.338 e. The van der Waals surface area contributed by atoms with E-state index in [9.17, 15) is 14.0 Å². The van der Waals surface area contributed by atoms with Crippen LogP contribution < -0.4 is 15.0 Å². The zero-order valence-electron chi connectivity index (χ0n) is 16.4. The minimum Gasteiger partial charge on any atom is -0.494 e. The van der Waals surface area contributed by atoms with E-state index >= 15 is 0 Å². The first-order chi connectivity index (χ1) is 13.5. The van der Waals surface area contributed by atoms with Gasteiger partial charge in [-0.1, -0.05) is 0 Å². The van der Waals surface area contributed by atoms with Gasteiger partial charge in [0.1, 0.15) is 6.54 Å². The van der Waals surface area contributed by atoms with Gasteiger partial charge in [-0.15, -0.1) is 0 Å². The molecule has 0 aromatic heterocycles. The second-order valence-electron chi connectivity index (χ2n) is 6.27. The lowest BCUT2D eigenvalue weighted by molar-refractivity contribution is -0.903. The van der Waals surface area contributed by atoms with Crippen LogP contribution in [-0.4, -0.2) is 38.7 Å². The van der Waals surface area contributed by atoms with E-state index in [-0.39, 0.29) is 18.2 Å². The summed E-state index contributed by atoms with van der Waals surface area (Å²) in [4.78, 5) is 25.0. The average Bonchev–Trinajstić information content (AvgIpc) is 2.68. The molecule has 2 rings (SSSR count). The van der Waals surface area contributed by atoms with Crippen molar-refractivity contribution < 1.29 is 28.4 Å². The third-order valence-electron chi connectivity index (χ3n) is 4.26. The molecule has 1 amide bonds. The largest absolute Gasteiger partial charge is 0.494 e. The Hall–Kier alpha value is -2.93. The van der Waals surface area contributed by atoms with Crippen LogP contribution in [0.2, 0.25) is 0 Å². The monoisotopic (exact) mass is 389 g/mol. The summed E-state index contributed by atoms with van der Waals surface area (Å²) >= 11 is 0. The normalized spacial score (nSPS) is 11.6. The Balaban J connectivity index is 1.93. The van der Waals surface area contributed by atoms with Crippen LogP contribution in [0.1, 0.15) is 29.8 Å². The van der Waals surface area contributed by atoms with E-state index < -0.39 is 11.8 Å². The van der Waals surface area contributed by atoms with Gasteiger partial charge >= 0.3 is 5.97 Å². The molecule has 1 atom stereocenters. The number of ether oxygens (including phenoxy) is 2. The lowest BCUT2D eigenvalue weighted by Gasteiger charge is -2.17. The first-order valence-corrected chi connectivity index (χ1v) is 9.19. The van der Waals surface area contributed by atoms with Crippen molar-refractivity contribution in [1.82, 2.24) is 0 Å². The topological polar surface area (TPSA) is 69.1 Å². The highest BCUT2D eigenvalue weighted by atomic mass is 19.1. The number of benzene rings is 2. The maximum Gasteiger partial charge on any atom is 0.338 e. The van der Waals surface area contributed by atoms with Crippen LogP contribution in [0, 0.1) is 5.82 Å². The second kappa shape index (κ2) is 10.4. The Kier molecular flexibility index (Phi) is 7.95. The third-order valence-corrected chi connectivity index (χ3v) is 4.26. The Morgan fingerprint density at radius 2 is 1.82 bits per heavy atom. The highest BCUT2D eigenvalue weighted by molar-refractivity contribution is 5.93. The summed E-state index contributed by atoms with van der Waals surface area (Å²) in [5, 5.41) is 2.81. The fraction of sp³-hybridized carbons (Fsp3) is 0.333. The number of carbonyl (C=O) groups is 2. The van der Waals surface area contributed by atoms with Gasteiger partial charge in [-0.2, -0.15) is 0 Å². The van der Waals surface area contributed by atoms with E-state index in [0.717, 1.165) is 10.5 Å². The van der Waals surface area contributed by atoms with Gasteiger partial charge in [0.05, 0.1) is 25.8 Å². The van der Waals surface area contributed by atoms with Gasteiger partial charge < -0.3 is 19.7 Å². The van der Waals surface area contributed by atoms with Crippen molar-refractivity contribution in [2.45, 2.75) is 20.4 Å². The van der Waals surface area contributed by atoms with Crippen LogP contribution in [0.15, 0.2) is 42.5 Å². The zero-order valence-corrected chi connectivity index (χ0v) is 16.4. The molecule has 0 fully saturated rings. The van der Waals surface area contributed by atoms with Crippen LogP contribution >= 0.6 is 0 Å². The Bertz CT molecular complexity index is 809. The molecule has 28 heavy (non-hydrogen) atoms. The number of rotatable bonds is 9. The van der Waals surface area contributed by atoms with Crippen LogP contribution in [0.25, 0.3) is 0 Å². The second-order valence-corrected chi connectivity index (χ2v) is 6.27. The van der Waals surface area contributed by atoms with Gasteiger partial charge in [0, 0.05) is 11.3 Å². The maximum atomic E-state index is 13.8. The van der Waals surface area contributed by atoms with Gasteiger partial charge in [0.15, 0.2) is 18.1 Å². The van der Waals surface area contributed by atoms with Gasteiger partial charge in [-0.05, 0) is 56.3 Å². The van der Waals surface area contributed by atoms with Crippen LogP contribution in [-0.2, 0) is 16.1 Å². The first kappa shape index (κ1) is 21.4. The molecular formula is C21H26FN2O4+. The van der Waals surface area contributed by atoms with E-state index in [1.165, 1.54) is 13.2 Å². The van der Waals surface area contributed by atoms with Gasteiger partial charge in [-0.25, -0.2) is 9.18 Å². The zero-order chi connectivity index (χ0) is 20.5. The van der Waals surface area contributed by atoms with E-state index in [4.69, 9.17) is 9.47 Å². The highest BCUT2D eigenvalue weighted by Gasteiger charge is 2.15. The average molecular weight is 389 g/mol. The molecular weight excluding hydrogens is 363 g/mol. The molecule has 7 heteroatoms. The van der Waals surface area contributed by atoms with Gasteiger partial charge in [0.25, 0.3) is 5.91 Å². The van der Waals surface area contributed by atoms with Crippen LogP contribution in [0.3, 0.4) is 0 Å². The molecule has 1 unspecified atom stereocenters. The number of amides is 1.